The molecular formula is C13H20N4O. The third-order valence-corrected chi connectivity index (χ3v) is 3.74. The van der Waals surface area contributed by atoms with Gasteiger partial charge in [0.25, 0.3) is 5.91 Å². The lowest BCUT2D eigenvalue weighted by molar-refractivity contribution is 0.0544. The predicted octanol–water partition coefficient (Wildman–Crippen LogP) is 1.78. The second-order valence-electron chi connectivity index (χ2n) is 4.90. The highest BCUT2D eigenvalue weighted by Gasteiger charge is 2.29. The summed E-state index contributed by atoms with van der Waals surface area (Å²) < 4.78 is 0. The van der Waals surface area contributed by atoms with Gasteiger partial charge >= 0.3 is 0 Å². The Kier molecular flexibility index (Phi) is 3.79. The molecule has 1 saturated heterocycles. The molecule has 1 aliphatic heterocycles. The summed E-state index contributed by atoms with van der Waals surface area (Å²) in [6.45, 7) is 5.12. The van der Waals surface area contributed by atoms with Gasteiger partial charge in [-0.1, -0.05) is 6.92 Å². The lowest BCUT2D eigenvalue weighted by atomic mass is 9.92. The van der Waals surface area contributed by atoms with Crippen LogP contribution in [0.2, 0.25) is 0 Å². The number of nitrogens with one attached hydrogen (secondary N) is 1. The van der Waals surface area contributed by atoms with E-state index in [-0.39, 0.29) is 11.9 Å². The third kappa shape index (κ3) is 2.44. The van der Waals surface area contributed by atoms with Gasteiger partial charge < -0.3 is 10.2 Å². The summed E-state index contributed by atoms with van der Waals surface area (Å²) in [5.41, 5.74) is 0.419. The van der Waals surface area contributed by atoms with Gasteiger partial charge in [0.1, 0.15) is 11.5 Å². The van der Waals surface area contributed by atoms with Crippen LogP contribution in [0.4, 0.5) is 5.82 Å². The molecule has 2 unspecified atom stereocenters. The minimum atomic E-state index is -0.0151. The van der Waals surface area contributed by atoms with Crippen molar-refractivity contribution in [1.82, 2.24) is 14.9 Å². The molecule has 98 valence electrons. The fourth-order valence-electron chi connectivity index (χ4n) is 2.36. The van der Waals surface area contributed by atoms with Crippen LogP contribution in [0.1, 0.15) is 37.2 Å². The minimum Gasteiger partial charge on any atom is -0.372 e. The van der Waals surface area contributed by atoms with Crippen molar-refractivity contribution in [2.24, 2.45) is 5.92 Å². The van der Waals surface area contributed by atoms with Crippen molar-refractivity contribution in [3.8, 4) is 0 Å². The Labute approximate surface area is 108 Å². The lowest BCUT2D eigenvalue weighted by Gasteiger charge is -2.37. The number of hydrogen-bond acceptors (Lipinski definition) is 4. The predicted molar refractivity (Wildman–Crippen MR) is 70.5 cm³/mol. The summed E-state index contributed by atoms with van der Waals surface area (Å²) in [4.78, 5) is 22.6. The fourth-order valence-corrected chi connectivity index (χ4v) is 2.36. The van der Waals surface area contributed by atoms with Crippen molar-refractivity contribution >= 4 is 11.7 Å². The van der Waals surface area contributed by atoms with Crippen LogP contribution in [0.25, 0.3) is 0 Å². The molecule has 18 heavy (non-hydrogen) atoms. The van der Waals surface area contributed by atoms with Gasteiger partial charge in [-0.05, 0) is 25.7 Å². The maximum Gasteiger partial charge on any atom is 0.274 e. The first-order valence-corrected chi connectivity index (χ1v) is 6.44. The fraction of sp³-hybridized carbons (Fsp3) is 0.615. The SMILES string of the molecule is CNc1cncc(C(=O)N2CCCC(C)C2C)n1. The molecule has 1 fully saturated rings. The van der Waals surface area contributed by atoms with Gasteiger partial charge in [-0.2, -0.15) is 0 Å². The summed E-state index contributed by atoms with van der Waals surface area (Å²) in [7, 11) is 1.77. The van der Waals surface area contributed by atoms with Gasteiger partial charge in [0.2, 0.25) is 0 Å². The molecule has 1 aromatic rings. The van der Waals surface area contributed by atoms with E-state index in [9.17, 15) is 4.79 Å². The lowest BCUT2D eigenvalue weighted by Crippen LogP contribution is -2.46. The van der Waals surface area contributed by atoms with Crippen molar-refractivity contribution in [2.45, 2.75) is 32.7 Å². The van der Waals surface area contributed by atoms with E-state index in [0.717, 1.165) is 13.0 Å². The molecule has 0 saturated carbocycles. The van der Waals surface area contributed by atoms with Crippen molar-refractivity contribution in [3.63, 3.8) is 0 Å². The summed E-state index contributed by atoms with van der Waals surface area (Å²) in [6.07, 6.45) is 5.40. The molecular weight excluding hydrogens is 228 g/mol. The number of nitrogens with zero attached hydrogens (tertiary/aromatic N) is 3. The highest BCUT2D eigenvalue weighted by molar-refractivity contribution is 5.92. The number of anilines is 1. The van der Waals surface area contributed by atoms with Crippen molar-refractivity contribution < 1.29 is 4.79 Å². The third-order valence-electron chi connectivity index (χ3n) is 3.74. The van der Waals surface area contributed by atoms with E-state index in [2.05, 4.69) is 29.1 Å². The zero-order valence-corrected chi connectivity index (χ0v) is 11.2. The topological polar surface area (TPSA) is 58.1 Å². The number of aromatic nitrogens is 2. The molecule has 0 aliphatic carbocycles. The van der Waals surface area contributed by atoms with Crippen molar-refractivity contribution in [1.29, 1.82) is 0 Å². The second kappa shape index (κ2) is 5.33. The Morgan fingerprint density at radius 2 is 2.22 bits per heavy atom. The van der Waals surface area contributed by atoms with E-state index >= 15 is 0 Å². The van der Waals surface area contributed by atoms with Crippen LogP contribution >= 0.6 is 0 Å². The molecule has 2 atom stereocenters. The van der Waals surface area contributed by atoms with Gasteiger partial charge in [-0.3, -0.25) is 9.78 Å². The largest absolute Gasteiger partial charge is 0.372 e. The number of hydrogen-bond donors (Lipinski definition) is 1. The van der Waals surface area contributed by atoms with Crippen LogP contribution in [0.15, 0.2) is 12.4 Å². The smallest absolute Gasteiger partial charge is 0.274 e. The highest BCUT2D eigenvalue weighted by atomic mass is 16.2. The Morgan fingerprint density at radius 1 is 1.44 bits per heavy atom. The van der Waals surface area contributed by atoms with Crippen LogP contribution in [0.3, 0.4) is 0 Å². The highest BCUT2D eigenvalue weighted by Crippen LogP contribution is 2.24. The molecule has 2 rings (SSSR count). The first kappa shape index (κ1) is 12.8. The van der Waals surface area contributed by atoms with E-state index in [0.29, 0.717) is 17.4 Å². The molecule has 1 aliphatic rings. The molecule has 0 radical (unpaired) electrons. The molecule has 1 N–H and O–H groups in total. The van der Waals surface area contributed by atoms with E-state index in [1.807, 2.05) is 4.90 Å². The van der Waals surface area contributed by atoms with Crippen molar-refractivity contribution in [3.05, 3.63) is 18.1 Å². The zero-order chi connectivity index (χ0) is 13.1. The molecule has 0 bridgehead atoms. The van der Waals surface area contributed by atoms with Crippen LogP contribution in [-0.2, 0) is 0 Å². The molecule has 0 aromatic carbocycles. The molecule has 5 heteroatoms. The first-order valence-electron chi connectivity index (χ1n) is 6.44. The normalized spacial score (nSPS) is 23.8. The number of carbonyl (C=O) groups excluding carboxylic acids is 1. The van der Waals surface area contributed by atoms with Crippen LogP contribution < -0.4 is 5.32 Å². The standard InChI is InChI=1S/C13H20N4O/c1-9-5-4-6-17(10(9)2)13(18)11-7-15-8-12(14-3)16-11/h7-10H,4-6H2,1-3H3,(H,14,16). The Bertz CT molecular complexity index is 435. The van der Waals surface area contributed by atoms with Gasteiger partial charge in [-0.25, -0.2) is 4.98 Å². The van der Waals surface area contributed by atoms with Gasteiger partial charge in [0.05, 0.1) is 12.4 Å². The number of amides is 1. The van der Waals surface area contributed by atoms with Gasteiger partial charge in [0.15, 0.2) is 0 Å². The maximum atomic E-state index is 12.4. The van der Waals surface area contributed by atoms with Crippen LogP contribution in [0.5, 0.6) is 0 Å². The average molecular weight is 248 g/mol. The summed E-state index contributed by atoms with van der Waals surface area (Å²) >= 11 is 0. The molecule has 5 nitrogen and oxygen atoms in total. The zero-order valence-electron chi connectivity index (χ0n) is 11.2. The second-order valence-corrected chi connectivity index (χ2v) is 4.90. The molecule has 2 heterocycles. The molecule has 0 spiro atoms. The van der Waals surface area contributed by atoms with E-state index < -0.39 is 0 Å². The van der Waals surface area contributed by atoms with E-state index in [4.69, 9.17) is 0 Å². The monoisotopic (exact) mass is 248 g/mol. The first-order chi connectivity index (χ1) is 8.63. The van der Waals surface area contributed by atoms with Gasteiger partial charge in [0, 0.05) is 19.6 Å². The number of carbonyl (C=O) groups is 1. The number of rotatable bonds is 2. The Morgan fingerprint density at radius 3 is 2.94 bits per heavy atom. The average Bonchev–Trinajstić information content (AvgIpc) is 2.41. The minimum absolute atomic E-state index is 0.0151. The Hall–Kier alpha value is -1.65. The molecule has 1 amide bonds. The summed E-state index contributed by atoms with van der Waals surface area (Å²) in [5.74, 6) is 1.15. The quantitative estimate of drug-likeness (QED) is 0.866. The maximum absolute atomic E-state index is 12.4. The number of likely N-dealkylation sites (tertiary alicyclic amines) is 1. The van der Waals surface area contributed by atoms with E-state index in [1.54, 1.807) is 13.2 Å². The Balaban J connectivity index is 2.19. The number of piperidine rings is 1. The van der Waals surface area contributed by atoms with E-state index in [1.165, 1.54) is 12.6 Å². The van der Waals surface area contributed by atoms with Crippen LogP contribution in [-0.4, -0.2) is 40.4 Å². The van der Waals surface area contributed by atoms with Crippen molar-refractivity contribution in [2.75, 3.05) is 18.9 Å². The molecule has 1 aromatic heterocycles. The van der Waals surface area contributed by atoms with Gasteiger partial charge in [-0.15, -0.1) is 0 Å². The summed E-state index contributed by atoms with van der Waals surface area (Å²) in [5, 5.41) is 2.90. The summed E-state index contributed by atoms with van der Waals surface area (Å²) in [6, 6.07) is 0.270. The van der Waals surface area contributed by atoms with Crippen LogP contribution in [0, 0.1) is 5.92 Å².